The number of hydrogen-bond acceptors (Lipinski definition) is 3. The second kappa shape index (κ2) is 7.05. The molecule has 1 unspecified atom stereocenters. The first-order chi connectivity index (χ1) is 9.56. The molecule has 0 aliphatic carbocycles. The molecule has 0 spiro atoms. The summed E-state index contributed by atoms with van der Waals surface area (Å²) in [4.78, 5) is 2.48. The smallest absolute Gasteiger partial charge is 0.0767 e. The Balaban J connectivity index is 2.02. The van der Waals surface area contributed by atoms with Crippen molar-refractivity contribution in [3.05, 3.63) is 15.9 Å². The molecule has 0 aromatic carbocycles. The number of aromatic nitrogens is 2. The van der Waals surface area contributed by atoms with Crippen molar-refractivity contribution in [2.45, 2.75) is 59.2 Å². The quantitative estimate of drug-likeness (QED) is 0.893. The summed E-state index contributed by atoms with van der Waals surface area (Å²) in [6.45, 7) is 10.2. The van der Waals surface area contributed by atoms with Crippen LogP contribution in [0.15, 0.2) is 4.47 Å². The molecular weight excluding hydrogens is 318 g/mol. The van der Waals surface area contributed by atoms with Gasteiger partial charge in [0.1, 0.15) is 0 Å². The number of halogens is 1. The molecule has 1 fully saturated rings. The Morgan fingerprint density at radius 3 is 2.50 bits per heavy atom. The number of aliphatic hydroxyl groups is 1. The Labute approximate surface area is 130 Å². The van der Waals surface area contributed by atoms with Gasteiger partial charge in [-0.15, -0.1) is 0 Å². The molecule has 1 aliphatic rings. The van der Waals surface area contributed by atoms with Gasteiger partial charge in [0.25, 0.3) is 0 Å². The van der Waals surface area contributed by atoms with Crippen LogP contribution in [0.3, 0.4) is 0 Å². The van der Waals surface area contributed by atoms with E-state index in [-0.39, 0.29) is 6.10 Å². The van der Waals surface area contributed by atoms with Crippen molar-refractivity contribution in [3.8, 4) is 0 Å². The Hall–Kier alpha value is -0.390. The monoisotopic (exact) mass is 343 g/mol. The van der Waals surface area contributed by atoms with Crippen molar-refractivity contribution in [2.75, 3.05) is 13.1 Å². The first-order valence-electron chi connectivity index (χ1n) is 7.71. The van der Waals surface area contributed by atoms with Crippen molar-refractivity contribution in [2.24, 2.45) is 5.92 Å². The highest BCUT2D eigenvalue weighted by Crippen LogP contribution is 2.26. The SMILES string of the molecule is CCc1nn(CC)c(CN2CCC(C(C)O)CC2)c1Br. The second-order valence-electron chi connectivity index (χ2n) is 5.73. The normalized spacial score (nSPS) is 19.4. The van der Waals surface area contributed by atoms with E-state index < -0.39 is 0 Å². The van der Waals surface area contributed by atoms with Gasteiger partial charge in [-0.3, -0.25) is 9.58 Å². The maximum absolute atomic E-state index is 9.67. The topological polar surface area (TPSA) is 41.3 Å². The molecule has 0 bridgehead atoms. The van der Waals surface area contributed by atoms with Crippen LogP contribution in [-0.4, -0.2) is 39.0 Å². The van der Waals surface area contributed by atoms with E-state index in [1.165, 1.54) is 10.2 Å². The molecule has 5 heteroatoms. The molecular formula is C15H26BrN3O. The van der Waals surface area contributed by atoms with Crippen LogP contribution in [0.2, 0.25) is 0 Å². The molecule has 4 nitrogen and oxygen atoms in total. The van der Waals surface area contributed by atoms with Crippen molar-refractivity contribution >= 4 is 15.9 Å². The third-order valence-corrected chi connectivity index (χ3v) is 5.30. The summed E-state index contributed by atoms with van der Waals surface area (Å²) in [6.07, 6.45) is 2.98. The molecule has 1 saturated heterocycles. The number of piperidine rings is 1. The highest BCUT2D eigenvalue weighted by molar-refractivity contribution is 9.10. The molecule has 0 amide bonds. The van der Waals surface area contributed by atoms with E-state index in [0.29, 0.717) is 5.92 Å². The molecule has 1 atom stereocenters. The van der Waals surface area contributed by atoms with Gasteiger partial charge in [0.15, 0.2) is 0 Å². The number of rotatable bonds is 5. The van der Waals surface area contributed by atoms with Crippen molar-refractivity contribution in [3.63, 3.8) is 0 Å². The number of likely N-dealkylation sites (tertiary alicyclic amines) is 1. The van der Waals surface area contributed by atoms with Gasteiger partial charge < -0.3 is 5.11 Å². The summed E-state index contributed by atoms with van der Waals surface area (Å²) in [5.41, 5.74) is 2.44. The van der Waals surface area contributed by atoms with E-state index in [1.54, 1.807) is 0 Å². The zero-order chi connectivity index (χ0) is 14.7. The van der Waals surface area contributed by atoms with E-state index in [2.05, 4.69) is 44.5 Å². The number of aryl methyl sites for hydroxylation is 2. The fraction of sp³-hybridized carbons (Fsp3) is 0.800. The lowest BCUT2D eigenvalue weighted by Gasteiger charge is -2.33. The van der Waals surface area contributed by atoms with Crippen LogP contribution in [0.5, 0.6) is 0 Å². The minimum Gasteiger partial charge on any atom is -0.393 e. The molecule has 1 aromatic rings. The summed E-state index contributed by atoms with van der Waals surface area (Å²) in [6, 6.07) is 0. The summed E-state index contributed by atoms with van der Waals surface area (Å²) in [7, 11) is 0. The molecule has 1 aromatic heterocycles. The molecule has 114 valence electrons. The van der Waals surface area contributed by atoms with Crippen LogP contribution in [0.25, 0.3) is 0 Å². The second-order valence-corrected chi connectivity index (χ2v) is 6.52. The number of aliphatic hydroxyl groups excluding tert-OH is 1. The Morgan fingerprint density at radius 1 is 1.35 bits per heavy atom. The summed E-state index contributed by atoms with van der Waals surface area (Å²) in [5, 5.41) is 14.3. The van der Waals surface area contributed by atoms with Gasteiger partial charge in [-0.2, -0.15) is 5.10 Å². The fourth-order valence-corrected chi connectivity index (χ4v) is 3.66. The van der Waals surface area contributed by atoms with Gasteiger partial charge in [0.05, 0.1) is 22.0 Å². The Kier molecular flexibility index (Phi) is 5.64. The van der Waals surface area contributed by atoms with Crippen molar-refractivity contribution in [1.29, 1.82) is 0 Å². The standard InChI is InChI=1S/C15H26BrN3O/c1-4-13-15(16)14(19(5-2)17-13)10-18-8-6-12(7-9-18)11(3)20/h11-12,20H,4-10H2,1-3H3. The first-order valence-corrected chi connectivity index (χ1v) is 8.50. The third kappa shape index (κ3) is 3.43. The summed E-state index contributed by atoms with van der Waals surface area (Å²) < 4.78 is 3.29. The van der Waals surface area contributed by atoms with Gasteiger partial charge in [-0.1, -0.05) is 6.92 Å². The van der Waals surface area contributed by atoms with Crippen molar-refractivity contribution < 1.29 is 5.11 Å². The lowest BCUT2D eigenvalue weighted by atomic mass is 9.92. The van der Waals surface area contributed by atoms with Gasteiger partial charge in [0.2, 0.25) is 0 Å². The van der Waals surface area contributed by atoms with E-state index in [0.717, 1.165) is 51.1 Å². The van der Waals surface area contributed by atoms with Crippen LogP contribution in [0.4, 0.5) is 0 Å². The van der Waals surface area contributed by atoms with E-state index in [9.17, 15) is 5.11 Å². The molecule has 2 rings (SSSR count). The minimum atomic E-state index is -0.170. The number of hydrogen-bond donors (Lipinski definition) is 1. The predicted octanol–water partition coefficient (Wildman–Crippen LogP) is 2.82. The van der Waals surface area contributed by atoms with Gasteiger partial charge in [-0.05, 0) is 68.0 Å². The van der Waals surface area contributed by atoms with Crippen molar-refractivity contribution in [1.82, 2.24) is 14.7 Å². The molecule has 2 heterocycles. The number of nitrogens with zero attached hydrogens (tertiary/aromatic N) is 3. The largest absolute Gasteiger partial charge is 0.393 e. The lowest BCUT2D eigenvalue weighted by molar-refractivity contribution is 0.0686. The average Bonchev–Trinajstić information content (AvgIpc) is 2.76. The third-order valence-electron chi connectivity index (χ3n) is 4.38. The van der Waals surface area contributed by atoms with Crippen LogP contribution >= 0.6 is 15.9 Å². The van der Waals surface area contributed by atoms with Crippen LogP contribution in [0.1, 0.15) is 45.0 Å². The Morgan fingerprint density at radius 2 is 2.00 bits per heavy atom. The van der Waals surface area contributed by atoms with Gasteiger partial charge >= 0.3 is 0 Å². The zero-order valence-corrected chi connectivity index (χ0v) is 14.4. The molecule has 20 heavy (non-hydrogen) atoms. The highest BCUT2D eigenvalue weighted by atomic mass is 79.9. The summed E-state index contributed by atoms with van der Waals surface area (Å²) >= 11 is 3.71. The first kappa shape index (κ1) is 16.0. The highest BCUT2D eigenvalue weighted by Gasteiger charge is 2.24. The molecule has 0 saturated carbocycles. The Bertz CT molecular complexity index is 437. The predicted molar refractivity (Wildman–Crippen MR) is 84.7 cm³/mol. The summed E-state index contributed by atoms with van der Waals surface area (Å²) in [5.74, 6) is 0.469. The lowest BCUT2D eigenvalue weighted by Crippen LogP contribution is -2.37. The zero-order valence-electron chi connectivity index (χ0n) is 12.8. The van der Waals surface area contributed by atoms with E-state index in [1.807, 2.05) is 6.92 Å². The molecule has 0 radical (unpaired) electrons. The maximum Gasteiger partial charge on any atom is 0.0767 e. The maximum atomic E-state index is 9.67. The molecule has 1 aliphatic heterocycles. The van der Waals surface area contributed by atoms with Gasteiger partial charge in [-0.25, -0.2) is 0 Å². The average molecular weight is 344 g/mol. The van der Waals surface area contributed by atoms with Gasteiger partial charge in [0, 0.05) is 13.1 Å². The van der Waals surface area contributed by atoms with Crippen LogP contribution < -0.4 is 0 Å². The minimum absolute atomic E-state index is 0.170. The van der Waals surface area contributed by atoms with Crippen LogP contribution in [0, 0.1) is 5.92 Å². The van der Waals surface area contributed by atoms with E-state index in [4.69, 9.17) is 0 Å². The van der Waals surface area contributed by atoms with E-state index >= 15 is 0 Å². The fourth-order valence-electron chi connectivity index (χ4n) is 2.97. The van der Waals surface area contributed by atoms with Crippen LogP contribution in [-0.2, 0) is 19.5 Å². The molecule has 1 N–H and O–H groups in total.